The molecule has 2 rings (SSSR count). The number of urea groups is 1. The number of carbonyl (C=O) groups is 1. The Bertz CT molecular complexity index is 623. The van der Waals surface area contributed by atoms with E-state index in [0.29, 0.717) is 6.54 Å². The number of benzene rings is 1. The monoisotopic (exact) mass is 316 g/mol. The van der Waals surface area contributed by atoms with Crippen molar-refractivity contribution in [2.24, 2.45) is 7.05 Å². The van der Waals surface area contributed by atoms with Gasteiger partial charge in [-0.2, -0.15) is 5.10 Å². The molecular weight excluding hydrogens is 292 g/mol. The van der Waals surface area contributed by atoms with Gasteiger partial charge in [0.2, 0.25) is 0 Å². The molecule has 6 nitrogen and oxygen atoms in total. The number of nitrogens with one attached hydrogen (secondary N) is 2. The lowest BCUT2D eigenvalue weighted by atomic mass is 9.96. The number of hydrogen-bond acceptors (Lipinski definition) is 3. The largest absolute Gasteiger partial charge is 0.384 e. The first-order valence-corrected chi connectivity index (χ1v) is 7.74. The first kappa shape index (κ1) is 17.0. The lowest BCUT2D eigenvalue weighted by molar-refractivity contribution is 0.0594. The normalized spacial score (nSPS) is 13.3. The summed E-state index contributed by atoms with van der Waals surface area (Å²) >= 11 is 0. The van der Waals surface area contributed by atoms with E-state index in [9.17, 15) is 9.90 Å². The highest BCUT2D eigenvalue weighted by Crippen LogP contribution is 2.18. The first-order chi connectivity index (χ1) is 11.0. The van der Waals surface area contributed by atoms with E-state index in [1.54, 1.807) is 11.6 Å². The molecule has 0 radical (unpaired) electrons. The van der Waals surface area contributed by atoms with E-state index < -0.39 is 5.60 Å². The van der Waals surface area contributed by atoms with Crippen LogP contribution in [0.25, 0.3) is 0 Å². The first-order valence-electron chi connectivity index (χ1n) is 7.74. The molecule has 0 bridgehead atoms. The van der Waals surface area contributed by atoms with Crippen molar-refractivity contribution < 1.29 is 9.90 Å². The molecule has 124 valence electrons. The van der Waals surface area contributed by atoms with Gasteiger partial charge in [-0.3, -0.25) is 4.68 Å². The predicted octanol–water partition coefficient (Wildman–Crippen LogP) is 1.56. The van der Waals surface area contributed by atoms with E-state index in [4.69, 9.17) is 0 Å². The van der Waals surface area contributed by atoms with Crippen LogP contribution in [0.2, 0.25) is 0 Å². The summed E-state index contributed by atoms with van der Waals surface area (Å²) in [6.45, 7) is 2.42. The third kappa shape index (κ3) is 5.41. The van der Waals surface area contributed by atoms with Gasteiger partial charge in [0.15, 0.2) is 0 Å². The van der Waals surface area contributed by atoms with E-state index in [2.05, 4.69) is 15.7 Å². The summed E-state index contributed by atoms with van der Waals surface area (Å²) < 4.78 is 1.77. The molecule has 2 aromatic rings. The molecule has 0 aliphatic carbocycles. The number of aliphatic hydroxyl groups is 1. The average Bonchev–Trinajstić information content (AvgIpc) is 2.96. The number of carbonyl (C=O) groups excluding carboxylic acids is 1. The van der Waals surface area contributed by atoms with E-state index in [-0.39, 0.29) is 12.6 Å². The Kier molecular flexibility index (Phi) is 5.76. The van der Waals surface area contributed by atoms with Crippen molar-refractivity contribution in [3.8, 4) is 0 Å². The minimum atomic E-state index is -1.09. The highest BCUT2D eigenvalue weighted by Gasteiger charge is 2.23. The summed E-state index contributed by atoms with van der Waals surface area (Å²) in [6.07, 6.45) is 5.51. The van der Waals surface area contributed by atoms with Gasteiger partial charge in [-0.05, 0) is 30.9 Å². The van der Waals surface area contributed by atoms with E-state index >= 15 is 0 Å². The molecule has 1 heterocycles. The maximum atomic E-state index is 11.8. The van der Waals surface area contributed by atoms with Crippen LogP contribution < -0.4 is 10.6 Å². The van der Waals surface area contributed by atoms with E-state index in [1.165, 1.54) is 0 Å². The number of aryl methyl sites for hydroxylation is 2. The molecule has 0 aliphatic rings. The van der Waals surface area contributed by atoms with Gasteiger partial charge in [-0.1, -0.05) is 30.3 Å². The molecule has 0 spiro atoms. The molecule has 0 fully saturated rings. The van der Waals surface area contributed by atoms with Crippen molar-refractivity contribution in [2.45, 2.75) is 25.4 Å². The smallest absolute Gasteiger partial charge is 0.314 e. The predicted molar refractivity (Wildman–Crippen MR) is 88.9 cm³/mol. The third-order valence-corrected chi connectivity index (χ3v) is 3.67. The lowest BCUT2D eigenvalue weighted by Gasteiger charge is -2.24. The molecule has 0 aliphatic heterocycles. The number of amides is 2. The molecule has 6 heteroatoms. The van der Waals surface area contributed by atoms with Gasteiger partial charge in [0.25, 0.3) is 0 Å². The van der Waals surface area contributed by atoms with Crippen LogP contribution in [-0.4, -0.2) is 34.0 Å². The fraction of sp³-hybridized carbons (Fsp3) is 0.412. The highest BCUT2D eigenvalue weighted by atomic mass is 16.3. The highest BCUT2D eigenvalue weighted by molar-refractivity contribution is 5.73. The summed E-state index contributed by atoms with van der Waals surface area (Å²) in [5.74, 6) is 0. The third-order valence-electron chi connectivity index (χ3n) is 3.67. The minimum absolute atomic E-state index is 0.158. The van der Waals surface area contributed by atoms with Crippen molar-refractivity contribution in [3.63, 3.8) is 0 Å². The second-order valence-corrected chi connectivity index (χ2v) is 5.88. The molecular formula is C17H24N4O2. The molecule has 1 unspecified atom stereocenters. The van der Waals surface area contributed by atoms with Gasteiger partial charge in [0.05, 0.1) is 12.7 Å². The Balaban J connectivity index is 1.67. The molecule has 0 saturated carbocycles. The second-order valence-electron chi connectivity index (χ2n) is 5.88. The Morgan fingerprint density at radius 3 is 2.70 bits per heavy atom. The quantitative estimate of drug-likeness (QED) is 0.678. The molecule has 3 N–H and O–H groups in total. The maximum absolute atomic E-state index is 11.8. The van der Waals surface area contributed by atoms with Gasteiger partial charge in [-0.25, -0.2) is 4.79 Å². The van der Waals surface area contributed by atoms with Crippen LogP contribution in [0.3, 0.4) is 0 Å². The molecule has 1 aromatic heterocycles. The Morgan fingerprint density at radius 1 is 1.30 bits per heavy atom. The van der Waals surface area contributed by atoms with Gasteiger partial charge < -0.3 is 15.7 Å². The van der Waals surface area contributed by atoms with Crippen molar-refractivity contribution in [1.29, 1.82) is 0 Å². The molecule has 0 saturated heterocycles. The van der Waals surface area contributed by atoms with Crippen LogP contribution >= 0.6 is 0 Å². The van der Waals surface area contributed by atoms with Crippen LogP contribution in [0.15, 0.2) is 42.7 Å². The van der Waals surface area contributed by atoms with E-state index in [0.717, 1.165) is 24.0 Å². The van der Waals surface area contributed by atoms with Crippen LogP contribution in [0.4, 0.5) is 4.79 Å². The van der Waals surface area contributed by atoms with E-state index in [1.807, 2.05) is 49.8 Å². The summed E-state index contributed by atoms with van der Waals surface area (Å²) in [5, 5.41) is 20.0. The summed E-state index contributed by atoms with van der Waals surface area (Å²) in [7, 11) is 1.88. The number of aromatic nitrogens is 2. The van der Waals surface area contributed by atoms with Crippen molar-refractivity contribution in [3.05, 3.63) is 53.9 Å². The number of nitrogens with zero attached hydrogens (tertiary/aromatic N) is 2. The van der Waals surface area contributed by atoms with Gasteiger partial charge in [0, 0.05) is 19.8 Å². The fourth-order valence-electron chi connectivity index (χ4n) is 2.31. The van der Waals surface area contributed by atoms with Gasteiger partial charge in [-0.15, -0.1) is 0 Å². The summed E-state index contributed by atoms with van der Waals surface area (Å²) in [5.41, 5.74) is 0.840. The van der Waals surface area contributed by atoms with Crippen LogP contribution in [-0.2, 0) is 19.1 Å². The summed E-state index contributed by atoms with van der Waals surface area (Å²) in [4.78, 5) is 11.8. The zero-order valence-electron chi connectivity index (χ0n) is 13.6. The van der Waals surface area contributed by atoms with Crippen molar-refractivity contribution in [2.75, 3.05) is 13.1 Å². The zero-order chi connectivity index (χ0) is 16.7. The SMILES string of the molecule is Cn1cc(CCCNC(=O)NCC(C)(O)c2ccccc2)cn1. The Labute approximate surface area is 136 Å². The van der Waals surface area contributed by atoms with Crippen molar-refractivity contribution in [1.82, 2.24) is 20.4 Å². The molecule has 1 aromatic carbocycles. The lowest BCUT2D eigenvalue weighted by Crippen LogP contribution is -2.43. The fourth-order valence-corrected chi connectivity index (χ4v) is 2.31. The molecule has 23 heavy (non-hydrogen) atoms. The standard InChI is InChI=1S/C17H24N4O2/c1-17(23,15-8-4-3-5-9-15)13-19-16(22)18-10-6-7-14-11-20-21(2)12-14/h3-5,8-9,11-12,23H,6-7,10,13H2,1-2H3,(H2,18,19,22). The summed E-state index contributed by atoms with van der Waals surface area (Å²) in [6, 6.07) is 9.03. The second kappa shape index (κ2) is 7.78. The number of hydrogen-bond donors (Lipinski definition) is 3. The topological polar surface area (TPSA) is 79.2 Å². The van der Waals surface area contributed by atoms with Crippen LogP contribution in [0.1, 0.15) is 24.5 Å². The molecule has 2 amide bonds. The van der Waals surface area contributed by atoms with Gasteiger partial charge in [0.1, 0.15) is 5.60 Å². The average molecular weight is 316 g/mol. The number of rotatable bonds is 7. The minimum Gasteiger partial charge on any atom is -0.384 e. The molecule has 1 atom stereocenters. The van der Waals surface area contributed by atoms with Crippen LogP contribution in [0.5, 0.6) is 0 Å². The van der Waals surface area contributed by atoms with Crippen molar-refractivity contribution >= 4 is 6.03 Å². The Morgan fingerprint density at radius 2 is 2.04 bits per heavy atom. The maximum Gasteiger partial charge on any atom is 0.314 e. The van der Waals surface area contributed by atoms with Gasteiger partial charge >= 0.3 is 6.03 Å². The Hall–Kier alpha value is -2.34. The zero-order valence-corrected chi connectivity index (χ0v) is 13.6. The van der Waals surface area contributed by atoms with Crippen LogP contribution in [0, 0.1) is 0 Å².